The van der Waals surface area contributed by atoms with Crippen LogP contribution in [0.4, 0.5) is 0 Å². The minimum Gasteiger partial charge on any atom is -0.326 e. The molecule has 1 aromatic heterocycles. The highest BCUT2D eigenvalue weighted by molar-refractivity contribution is 5.78. The van der Waals surface area contributed by atoms with Gasteiger partial charge in [-0.15, -0.1) is 0 Å². The second-order valence-corrected chi connectivity index (χ2v) is 4.82. The van der Waals surface area contributed by atoms with Gasteiger partial charge in [-0.1, -0.05) is 18.2 Å². The van der Waals surface area contributed by atoms with Crippen LogP contribution in [0, 0.1) is 0 Å². The van der Waals surface area contributed by atoms with E-state index in [4.69, 9.17) is 5.73 Å². The summed E-state index contributed by atoms with van der Waals surface area (Å²) in [7, 11) is 0. The Morgan fingerprint density at radius 2 is 2.24 bits per heavy atom. The first-order valence-corrected chi connectivity index (χ1v) is 6.13. The molecule has 0 radical (unpaired) electrons. The van der Waals surface area contributed by atoms with E-state index in [1.807, 2.05) is 18.3 Å². The third-order valence-electron chi connectivity index (χ3n) is 3.36. The lowest BCUT2D eigenvalue weighted by atomic mass is 10.1. The van der Waals surface area contributed by atoms with Crippen molar-refractivity contribution in [2.45, 2.75) is 19.0 Å². The third kappa shape index (κ3) is 2.30. The fourth-order valence-corrected chi connectivity index (χ4v) is 2.47. The Kier molecular flexibility index (Phi) is 2.79. The lowest BCUT2D eigenvalue weighted by Crippen LogP contribution is -2.26. The molecule has 3 heteroatoms. The maximum Gasteiger partial charge on any atom is 0.0702 e. The number of nitrogens with zero attached hydrogens (tertiary/aromatic N) is 2. The minimum atomic E-state index is 0.350. The number of benzene rings is 1. The second kappa shape index (κ2) is 4.43. The zero-order valence-corrected chi connectivity index (χ0v) is 9.84. The zero-order chi connectivity index (χ0) is 11.7. The van der Waals surface area contributed by atoms with E-state index in [1.54, 1.807) is 0 Å². The number of likely N-dealkylation sites (tertiary alicyclic amines) is 1. The van der Waals surface area contributed by atoms with Crippen molar-refractivity contribution in [3.8, 4) is 0 Å². The van der Waals surface area contributed by atoms with Crippen LogP contribution in [0.25, 0.3) is 10.9 Å². The summed E-state index contributed by atoms with van der Waals surface area (Å²) >= 11 is 0. The van der Waals surface area contributed by atoms with Gasteiger partial charge in [0.15, 0.2) is 0 Å². The van der Waals surface area contributed by atoms with Crippen LogP contribution in [0.15, 0.2) is 36.5 Å². The third-order valence-corrected chi connectivity index (χ3v) is 3.36. The van der Waals surface area contributed by atoms with Gasteiger partial charge in [-0.05, 0) is 24.1 Å². The molecule has 1 fully saturated rings. The van der Waals surface area contributed by atoms with E-state index >= 15 is 0 Å². The first kappa shape index (κ1) is 10.7. The highest BCUT2D eigenvalue weighted by Gasteiger charge is 2.18. The van der Waals surface area contributed by atoms with Gasteiger partial charge in [0.1, 0.15) is 0 Å². The highest BCUT2D eigenvalue weighted by atomic mass is 15.2. The fraction of sp³-hybridized carbons (Fsp3) is 0.357. The van der Waals surface area contributed by atoms with Crippen LogP contribution in [-0.4, -0.2) is 29.0 Å². The van der Waals surface area contributed by atoms with Gasteiger partial charge in [-0.25, -0.2) is 0 Å². The SMILES string of the molecule is NC1CCN(Cc2cnc3ccccc3c2)C1. The molecule has 2 aromatic rings. The summed E-state index contributed by atoms with van der Waals surface area (Å²) in [6.07, 6.45) is 3.09. The van der Waals surface area contributed by atoms with Gasteiger partial charge in [0.25, 0.3) is 0 Å². The molecule has 0 spiro atoms. The maximum atomic E-state index is 5.91. The van der Waals surface area contributed by atoms with E-state index < -0.39 is 0 Å². The summed E-state index contributed by atoms with van der Waals surface area (Å²) in [5.74, 6) is 0. The van der Waals surface area contributed by atoms with Crippen LogP contribution in [0.3, 0.4) is 0 Å². The van der Waals surface area contributed by atoms with Gasteiger partial charge in [-0.3, -0.25) is 9.88 Å². The molecule has 0 saturated carbocycles. The normalized spacial score (nSPS) is 21.1. The van der Waals surface area contributed by atoms with E-state index in [-0.39, 0.29) is 0 Å². The average Bonchev–Trinajstić information content (AvgIpc) is 2.75. The molecule has 1 atom stereocenters. The topological polar surface area (TPSA) is 42.1 Å². The zero-order valence-electron chi connectivity index (χ0n) is 9.84. The number of pyridine rings is 1. The molecule has 3 nitrogen and oxygen atoms in total. The molecule has 2 N–H and O–H groups in total. The van der Waals surface area contributed by atoms with Crippen LogP contribution in [0.1, 0.15) is 12.0 Å². The molecule has 1 unspecified atom stereocenters. The molecule has 1 aliphatic heterocycles. The molecule has 3 rings (SSSR count). The molecule has 0 amide bonds. The lowest BCUT2D eigenvalue weighted by Gasteiger charge is -2.15. The Bertz CT molecular complexity index is 524. The van der Waals surface area contributed by atoms with E-state index in [0.717, 1.165) is 31.6 Å². The molecule has 0 aliphatic carbocycles. The Labute approximate surface area is 101 Å². The average molecular weight is 227 g/mol. The molecular weight excluding hydrogens is 210 g/mol. The number of nitrogens with two attached hydrogens (primary N) is 1. The van der Waals surface area contributed by atoms with Crippen molar-refractivity contribution in [1.82, 2.24) is 9.88 Å². The summed E-state index contributed by atoms with van der Waals surface area (Å²) in [5, 5.41) is 1.22. The summed E-state index contributed by atoms with van der Waals surface area (Å²) in [4.78, 5) is 6.88. The Morgan fingerprint density at radius 3 is 3.06 bits per heavy atom. The van der Waals surface area contributed by atoms with E-state index in [0.29, 0.717) is 6.04 Å². The van der Waals surface area contributed by atoms with Gasteiger partial charge < -0.3 is 5.73 Å². The highest BCUT2D eigenvalue weighted by Crippen LogP contribution is 2.16. The molecule has 1 saturated heterocycles. The van der Waals surface area contributed by atoms with Crippen molar-refractivity contribution in [2.75, 3.05) is 13.1 Å². The molecule has 1 aromatic carbocycles. The van der Waals surface area contributed by atoms with Gasteiger partial charge in [0.2, 0.25) is 0 Å². The van der Waals surface area contributed by atoms with E-state index in [1.165, 1.54) is 10.9 Å². The largest absolute Gasteiger partial charge is 0.326 e. The van der Waals surface area contributed by atoms with Crippen LogP contribution in [0.2, 0.25) is 0 Å². The number of rotatable bonds is 2. The molecular formula is C14H17N3. The van der Waals surface area contributed by atoms with Crippen molar-refractivity contribution in [1.29, 1.82) is 0 Å². The van der Waals surface area contributed by atoms with Crippen LogP contribution in [0.5, 0.6) is 0 Å². The predicted octanol–water partition coefficient (Wildman–Crippen LogP) is 1.77. The van der Waals surface area contributed by atoms with Gasteiger partial charge >= 0.3 is 0 Å². The summed E-state index contributed by atoms with van der Waals surface area (Å²) < 4.78 is 0. The Hall–Kier alpha value is -1.45. The van der Waals surface area contributed by atoms with Crippen molar-refractivity contribution in [2.24, 2.45) is 5.73 Å². The molecule has 0 bridgehead atoms. The fourth-order valence-electron chi connectivity index (χ4n) is 2.47. The quantitative estimate of drug-likeness (QED) is 0.850. The summed E-state index contributed by atoms with van der Waals surface area (Å²) in [5.41, 5.74) is 8.25. The number of hydrogen-bond acceptors (Lipinski definition) is 3. The number of hydrogen-bond donors (Lipinski definition) is 1. The second-order valence-electron chi connectivity index (χ2n) is 4.82. The van der Waals surface area contributed by atoms with E-state index in [2.05, 4.69) is 28.1 Å². The standard InChI is InChI=1S/C14H17N3/c15-13-5-6-17(10-13)9-11-7-12-3-1-2-4-14(12)16-8-11/h1-4,7-8,13H,5-6,9-10,15H2. The Morgan fingerprint density at radius 1 is 1.35 bits per heavy atom. The number of para-hydroxylation sites is 1. The van der Waals surface area contributed by atoms with Gasteiger partial charge in [-0.2, -0.15) is 0 Å². The van der Waals surface area contributed by atoms with Crippen LogP contribution in [-0.2, 0) is 6.54 Å². The predicted molar refractivity (Wildman–Crippen MR) is 69.6 cm³/mol. The Balaban J connectivity index is 1.81. The van der Waals surface area contributed by atoms with Crippen molar-refractivity contribution in [3.05, 3.63) is 42.1 Å². The molecule has 88 valence electrons. The first-order chi connectivity index (χ1) is 8.31. The van der Waals surface area contributed by atoms with Crippen molar-refractivity contribution < 1.29 is 0 Å². The van der Waals surface area contributed by atoms with Crippen molar-refractivity contribution >= 4 is 10.9 Å². The molecule has 1 aliphatic rings. The molecule has 17 heavy (non-hydrogen) atoms. The smallest absolute Gasteiger partial charge is 0.0702 e. The van der Waals surface area contributed by atoms with Crippen LogP contribution >= 0.6 is 0 Å². The lowest BCUT2D eigenvalue weighted by molar-refractivity contribution is 0.326. The van der Waals surface area contributed by atoms with Gasteiger partial charge in [0, 0.05) is 37.3 Å². The number of fused-ring (bicyclic) bond motifs is 1. The monoisotopic (exact) mass is 227 g/mol. The summed E-state index contributed by atoms with van der Waals surface area (Å²) in [6.45, 7) is 3.08. The first-order valence-electron chi connectivity index (χ1n) is 6.13. The van der Waals surface area contributed by atoms with E-state index in [9.17, 15) is 0 Å². The summed E-state index contributed by atoms with van der Waals surface area (Å²) in [6, 6.07) is 10.8. The minimum absolute atomic E-state index is 0.350. The van der Waals surface area contributed by atoms with Crippen LogP contribution < -0.4 is 5.73 Å². The maximum absolute atomic E-state index is 5.91. The molecule has 2 heterocycles. The number of aromatic nitrogens is 1. The van der Waals surface area contributed by atoms with Crippen molar-refractivity contribution in [3.63, 3.8) is 0 Å². The van der Waals surface area contributed by atoms with Gasteiger partial charge in [0.05, 0.1) is 5.52 Å².